The van der Waals surface area contributed by atoms with Gasteiger partial charge in [-0.2, -0.15) is 0 Å². The SMILES string of the molecule is CC(C)C1CCCCC1.CC(C)Cc1ccccc1.CC(C)c1cc2c(s1)CCC2.CC(C)c1cc2c(s1)CCCC2.CC(C)c1cc2ccccc2s1.CC(C)c1ccc2c(c1)CCCC2.CC(C)c1ccc2ccccc2c1.CC(C)c1ccccc1.CC(C)c1cccs1. The van der Waals surface area contributed by atoms with E-state index in [1.807, 2.05) is 51.4 Å². The minimum atomic E-state index is 0.615. The van der Waals surface area contributed by atoms with Crippen molar-refractivity contribution in [2.45, 2.75) is 275 Å². The number of benzene rings is 6. The molecule has 4 aliphatic carbocycles. The minimum Gasteiger partial charge on any atom is -0.149 e. The molecule has 4 aromatic heterocycles. The van der Waals surface area contributed by atoms with Crippen molar-refractivity contribution < 1.29 is 0 Å². The fourth-order valence-electron chi connectivity index (χ4n) is 12.7. The van der Waals surface area contributed by atoms with E-state index in [1.165, 1.54) is 162 Å². The van der Waals surface area contributed by atoms with E-state index in [0.717, 1.165) is 29.6 Å². The first-order valence-corrected chi connectivity index (χ1v) is 41.3. The number of hydrogen-bond acceptors (Lipinski definition) is 4. The fraction of sp³-hybridized carbons (Fsp3) is 0.484. The van der Waals surface area contributed by atoms with Gasteiger partial charge in [0.25, 0.3) is 0 Å². The largest absolute Gasteiger partial charge is 0.149 e. The lowest BCUT2D eigenvalue weighted by atomic mass is 9.82. The van der Waals surface area contributed by atoms with Crippen LogP contribution in [0.3, 0.4) is 0 Å². The zero-order valence-electron chi connectivity index (χ0n) is 63.7. The van der Waals surface area contributed by atoms with Crippen molar-refractivity contribution in [2.24, 2.45) is 17.8 Å². The lowest BCUT2D eigenvalue weighted by molar-refractivity contribution is 0.279. The number of fused-ring (bicyclic) bond motifs is 5. The Hall–Kier alpha value is -5.36. The number of hydrogen-bond donors (Lipinski definition) is 0. The first-order valence-electron chi connectivity index (χ1n) is 38.0. The second-order valence-corrected chi connectivity index (χ2v) is 34.9. The van der Waals surface area contributed by atoms with Crippen molar-refractivity contribution in [3.8, 4) is 0 Å². The van der Waals surface area contributed by atoms with Crippen LogP contribution in [0.25, 0.3) is 20.9 Å². The smallest absolute Gasteiger partial charge is 0.0345 e. The maximum absolute atomic E-state index is 2.43. The first-order chi connectivity index (χ1) is 46.6. The molecule has 0 atom stereocenters. The molecular weight excluding hydrogens is 1250 g/mol. The van der Waals surface area contributed by atoms with E-state index in [0.29, 0.717) is 29.6 Å². The molecule has 0 radical (unpaired) electrons. The molecule has 10 aromatic rings. The normalized spacial score (nSPS) is 13.8. The second kappa shape index (κ2) is 43.3. The fourth-order valence-corrected chi connectivity index (χ4v) is 17.1. The summed E-state index contributed by atoms with van der Waals surface area (Å²) in [6, 6.07) is 63.3. The van der Waals surface area contributed by atoms with Crippen LogP contribution in [-0.4, -0.2) is 0 Å². The van der Waals surface area contributed by atoms with Gasteiger partial charge in [-0.15, -0.1) is 45.3 Å². The van der Waals surface area contributed by atoms with E-state index in [9.17, 15) is 0 Å². The monoisotopic (exact) mass is 1370 g/mol. The van der Waals surface area contributed by atoms with Gasteiger partial charge in [0.2, 0.25) is 0 Å². The molecule has 1 saturated carbocycles. The van der Waals surface area contributed by atoms with E-state index in [1.54, 1.807) is 41.8 Å². The van der Waals surface area contributed by atoms with Crippen LogP contribution in [0.4, 0.5) is 0 Å². The number of aryl methyl sites for hydroxylation is 6. The van der Waals surface area contributed by atoms with Crippen LogP contribution in [0, 0.1) is 17.8 Å². The van der Waals surface area contributed by atoms with E-state index in [4.69, 9.17) is 0 Å². The van der Waals surface area contributed by atoms with Gasteiger partial charge in [0.05, 0.1) is 0 Å². The van der Waals surface area contributed by atoms with E-state index >= 15 is 0 Å². The summed E-state index contributed by atoms with van der Waals surface area (Å²) in [5, 5.41) is 6.17. The highest BCUT2D eigenvalue weighted by molar-refractivity contribution is 7.19. The third kappa shape index (κ3) is 28.7. The Balaban J connectivity index is 0.000000173. The maximum Gasteiger partial charge on any atom is 0.0345 e. The Morgan fingerprint density at radius 2 is 0.773 bits per heavy atom. The maximum atomic E-state index is 2.43. The highest BCUT2D eigenvalue weighted by atomic mass is 32.1. The molecule has 0 aliphatic heterocycles. The van der Waals surface area contributed by atoms with Gasteiger partial charge in [-0.3, -0.25) is 0 Å². The van der Waals surface area contributed by atoms with Crippen LogP contribution in [-0.2, 0) is 44.9 Å². The Morgan fingerprint density at radius 3 is 1.26 bits per heavy atom. The van der Waals surface area contributed by atoms with Crippen molar-refractivity contribution in [1.29, 1.82) is 0 Å². The Bertz CT molecular complexity index is 3600. The van der Waals surface area contributed by atoms with Crippen molar-refractivity contribution in [1.82, 2.24) is 0 Å². The summed E-state index contributed by atoms with van der Waals surface area (Å²) in [7, 11) is 0. The molecule has 4 aliphatic rings. The van der Waals surface area contributed by atoms with E-state index in [2.05, 4.69) is 300 Å². The molecule has 0 unspecified atom stereocenters. The second-order valence-electron chi connectivity index (χ2n) is 30.5. The van der Waals surface area contributed by atoms with Crippen LogP contribution in [0.1, 0.15) is 304 Å². The highest BCUT2D eigenvalue weighted by Gasteiger charge is 2.18. The molecular formula is C93H128S4. The van der Waals surface area contributed by atoms with E-state index in [-0.39, 0.29) is 0 Å². The summed E-state index contributed by atoms with van der Waals surface area (Å²) in [4.78, 5) is 9.46. The van der Waals surface area contributed by atoms with Gasteiger partial charge in [-0.05, 0) is 233 Å². The zero-order valence-corrected chi connectivity index (χ0v) is 67.0. The summed E-state index contributed by atoms with van der Waals surface area (Å²) in [6.45, 7) is 40.6. The lowest BCUT2D eigenvalue weighted by Crippen LogP contribution is -2.12. The van der Waals surface area contributed by atoms with Gasteiger partial charge < -0.3 is 0 Å². The molecule has 6 aromatic carbocycles. The van der Waals surface area contributed by atoms with Crippen molar-refractivity contribution in [3.05, 3.63) is 255 Å². The quantitative estimate of drug-likeness (QED) is 0.128. The average Bonchev–Trinajstić information content (AvgIpc) is 1.79. The summed E-state index contributed by atoms with van der Waals surface area (Å²) < 4.78 is 1.40. The van der Waals surface area contributed by atoms with Crippen LogP contribution in [0.15, 0.2) is 181 Å². The molecule has 0 amide bonds. The van der Waals surface area contributed by atoms with Crippen LogP contribution in [0.5, 0.6) is 0 Å². The van der Waals surface area contributed by atoms with Crippen LogP contribution < -0.4 is 0 Å². The van der Waals surface area contributed by atoms with Gasteiger partial charge in [0.1, 0.15) is 0 Å². The van der Waals surface area contributed by atoms with Crippen LogP contribution >= 0.6 is 45.3 Å². The Labute approximate surface area is 609 Å². The van der Waals surface area contributed by atoms with Gasteiger partial charge in [0.15, 0.2) is 0 Å². The average molecular weight is 1370 g/mol. The molecule has 0 nitrogen and oxygen atoms in total. The molecule has 14 rings (SSSR count). The standard InChI is InChI=1S/C13H18.C13H14.C11H16S.C11H12S.C10H14S.C10H14.C9H18.C9H12.C7H10S/c2*1-10(2)12-8-7-11-5-3-4-6-13(11)9-12;2*1-8(2)11-7-9-5-3-4-6-10(9)12-11;1-7(2)10-6-8-4-3-5-9(8)11-10;1-9(2)8-10-6-4-3-5-7-10;2*1-8(2)9-6-4-3-5-7-9;1-6(2)7-4-3-5-8-7/h7-10H,3-6H2,1-2H3;3-10H,1-2H3;7-8H,3-6H2,1-2H3;3-8H,1-2H3;6-7H,3-5H2,1-2H3;3-7,9H,8H2,1-2H3;8-9H,3-7H2,1-2H3;3-8H,1-2H3;3-6H,1-2H3. The predicted octanol–water partition coefficient (Wildman–Crippen LogP) is 30.6. The first kappa shape index (κ1) is 80.6. The Kier molecular flexibility index (Phi) is 36.0. The third-order valence-corrected chi connectivity index (χ3v) is 24.7. The molecule has 4 heteroatoms. The van der Waals surface area contributed by atoms with Crippen molar-refractivity contribution in [3.63, 3.8) is 0 Å². The van der Waals surface area contributed by atoms with E-state index < -0.39 is 0 Å². The van der Waals surface area contributed by atoms with Crippen molar-refractivity contribution >= 4 is 66.2 Å². The summed E-state index contributed by atoms with van der Waals surface area (Å²) in [5.41, 5.74) is 12.3. The number of rotatable bonds is 10. The Morgan fingerprint density at radius 1 is 0.309 bits per heavy atom. The molecule has 97 heavy (non-hydrogen) atoms. The van der Waals surface area contributed by atoms with Crippen LogP contribution in [0.2, 0.25) is 0 Å². The van der Waals surface area contributed by atoms with Gasteiger partial charge in [0, 0.05) is 34.0 Å². The third-order valence-electron chi connectivity index (χ3n) is 19.1. The zero-order chi connectivity index (χ0) is 70.2. The van der Waals surface area contributed by atoms with Gasteiger partial charge >= 0.3 is 0 Å². The highest BCUT2D eigenvalue weighted by Crippen LogP contribution is 2.36. The van der Waals surface area contributed by atoms with Crippen molar-refractivity contribution in [2.75, 3.05) is 0 Å². The molecule has 0 N–H and O–H groups in total. The summed E-state index contributed by atoms with van der Waals surface area (Å²) >= 11 is 7.81. The van der Waals surface area contributed by atoms with Gasteiger partial charge in [-0.1, -0.05) is 302 Å². The van der Waals surface area contributed by atoms with Gasteiger partial charge in [-0.25, -0.2) is 0 Å². The molecule has 0 spiro atoms. The lowest BCUT2D eigenvalue weighted by Gasteiger charge is -2.24. The molecule has 0 saturated heterocycles. The predicted molar refractivity (Wildman–Crippen MR) is 442 cm³/mol. The molecule has 0 bridgehead atoms. The number of thiophene rings is 4. The summed E-state index contributed by atoms with van der Waals surface area (Å²) in [6.07, 6.45) is 23.6. The molecule has 524 valence electrons. The molecule has 1 fully saturated rings. The summed E-state index contributed by atoms with van der Waals surface area (Å²) in [5.74, 6) is 7.51. The topological polar surface area (TPSA) is 0 Å². The molecule has 4 heterocycles. The minimum absolute atomic E-state index is 0.615.